The van der Waals surface area contributed by atoms with Crippen molar-refractivity contribution in [2.45, 2.75) is 25.4 Å². The maximum Gasteiger partial charge on any atom is 0.326 e. The molecule has 2 aliphatic heterocycles. The number of carbonyl (C=O) groups is 1. The third-order valence-electron chi connectivity index (χ3n) is 7.99. The van der Waals surface area contributed by atoms with Crippen molar-refractivity contribution < 1.29 is 9.90 Å². The van der Waals surface area contributed by atoms with Gasteiger partial charge in [-0.1, -0.05) is 71.2 Å². The van der Waals surface area contributed by atoms with Crippen LogP contribution in [0.1, 0.15) is 29.2 Å². The fraction of sp³-hybridized carbons (Fsp3) is 0.250. The maximum atomic E-state index is 13.5. The number of nitrogens with one attached hydrogen (secondary N) is 1. The number of fused-ring (bicyclic) bond motifs is 1. The molecule has 0 bridgehead atoms. The lowest BCUT2D eigenvalue weighted by Gasteiger charge is -2.34. The summed E-state index contributed by atoms with van der Waals surface area (Å²) in [5.74, 6) is 0.335. The standard InChI is InChI=1S/C32H29Cl3N4O2/c33-27-8-2-1-7-23(27)24-14-21(26-19-38(17-20(26)11-13-40)18-22-6-3-4-12-36-22)15-30-25(24)16-37-32(41)39(30)31-28(34)9-5-10-29(31)35/h1-10,12,14-15,20,26,40H,11,13,16-19H2,(H,37,41). The van der Waals surface area contributed by atoms with Crippen molar-refractivity contribution >= 4 is 52.2 Å². The summed E-state index contributed by atoms with van der Waals surface area (Å²) < 4.78 is 0. The number of pyridine rings is 1. The minimum atomic E-state index is -0.301. The summed E-state index contributed by atoms with van der Waals surface area (Å²) in [6.45, 7) is 2.79. The average Bonchev–Trinajstić information content (AvgIpc) is 3.36. The van der Waals surface area contributed by atoms with Gasteiger partial charge in [0.1, 0.15) is 0 Å². The van der Waals surface area contributed by atoms with Crippen LogP contribution in [-0.2, 0) is 13.1 Å². The number of anilines is 2. The van der Waals surface area contributed by atoms with Crippen LogP contribution in [0.15, 0.2) is 79.0 Å². The van der Waals surface area contributed by atoms with E-state index in [1.165, 1.54) is 0 Å². The Labute approximate surface area is 254 Å². The molecule has 1 saturated heterocycles. The van der Waals surface area contributed by atoms with Crippen LogP contribution in [-0.4, -0.2) is 40.7 Å². The Hall–Kier alpha value is -3.13. The van der Waals surface area contributed by atoms with E-state index in [0.29, 0.717) is 33.7 Å². The van der Waals surface area contributed by atoms with Gasteiger partial charge in [0.2, 0.25) is 0 Å². The topological polar surface area (TPSA) is 68.7 Å². The molecule has 3 aromatic carbocycles. The quantitative estimate of drug-likeness (QED) is 0.226. The first-order valence-electron chi connectivity index (χ1n) is 13.6. The molecule has 41 heavy (non-hydrogen) atoms. The van der Waals surface area contributed by atoms with Crippen molar-refractivity contribution in [3.05, 3.63) is 111 Å². The Kier molecular flexibility index (Phi) is 8.20. The largest absolute Gasteiger partial charge is 0.396 e. The Morgan fingerprint density at radius 1 is 0.902 bits per heavy atom. The average molecular weight is 608 g/mol. The van der Waals surface area contributed by atoms with Crippen LogP contribution >= 0.6 is 34.8 Å². The van der Waals surface area contributed by atoms with E-state index in [2.05, 4.69) is 27.3 Å². The van der Waals surface area contributed by atoms with Gasteiger partial charge in [-0.15, -0.1) is 0 Å². The van der Waals surface area contributed by atoms with Crippen LogP contribution in [0.2, 0.25) is 15.1 Å². The van der Waals surface area contributed by atoms with Gasteiger partial charge in [0.15, 0.2) is 0 Å². The number of nitrogens with zero attached hydrogens (tertiary/aromatic N) is 3. The van der Waals surface area contributed by atoms with Gasteiger partial charge in [0.25, 0.3) is 0 Å². The third-order valence-corrected chi connectivity index (χ3v) is 8.93. The number of urea groups is 1. The molecule has 2 atom stereocenters. The van der Waals surface area contributed by atoms with Crippen molar-refractivity contribution in [1.29, 1.82) is 0 Å². The molecule has 3 heterocycles. The van der Waals surface area contributed by atoms with Crippen molar-refractivity contribution in [3.63, 3.8) is 0 Å². The van der Waals surface area contributed by atoms with Gasteiger partial charge in [-0.2, -0.15) is 0 Å². The number of benzene rings is 3. The number of likely N-dealkylation sites (tertiary alicyclic amines) is 1. The van der Waals surface area contributed by atoms with E-state index in [1.54, 1.807) is 23.1 Å². The minimum Gasteiger partial charge on any atom is -0.396 e. The second-order valence-electron chi connectivity index (χ2n) is 10.5. The van der Waals surface area contributed by atoms with Crippen molar-refractivity contribution in [1.82, 2.24) is 15.2 Å². The lowest BCUT2D eigenvalue weighted by Crippen LogP contribution is -2.42. The van der Waals surface area contributed by atoms with Gasteiger partial charge < -0.3 is 10.4 Å². The van der Waals surface area contributed by atoms with Crippen LogP contribution < -0.4 is 10.2 Å². The monoisotopic (exact) mass is 606 g/mol. The molecule has 1 fully saturated rings. The summed E-state index contributed by atoms with van der Waals surface area (Å²) in [4.78, 5) is 21.9. The van der Waals surface area contributed by atoms with Gasteiger partial charge in [-0.05, 0) is 59.9 Å². The van der Waals surface area contributed by atoms with Crippen molar-refractivity contribution in [2.75, 3.05) is 24.6 Å². The highest BCUT2D eigenvalue weighted by molar-refractivity contribution is 6.40. The second-order valence-corrected chi connectivity index (χ2v) is 11.7. The summed E-state index contributed by atoms with van der Waals surface area (Å²) in [5, 5.41) is 14.4. The zero-order chi connectivity index (χ0) is 28.5. The van der Waals surface area contributed by atoms with Gasteiger partial charge >= 0.3 is 6.03 Å². The Bertz CT molecular complexity index is 1560. The molecular weight excluding hydrogens is 579 g/mol. The van der Waals surface area contributed by atoms with Crippen LogP contribution in [0.4, 0.5) is 16.2 Å². The minimum absolute atomic E-state index is 0.102. The Morgan fingerprint density at radius 3 is 2.39 bits per heavy atom. The number of carbonyl (C=O) groups excluding carboxylic acids is 1. The van der Waals surface area contributed by atoms with Gasteiger partial charge in [0.05, 0.1) is 27.1 Å². The molecule has 0 spiro atoms. The molecule has 210 valence electrons. The van der Waals surface area contributed by atoms with Crippen LogP contribution in [0.25, 0.3) is 11.1 Å². The molecule has 2 aliphatic rings. The summed E-state index contributed by atoms with van der Waals surface area (Å²) in [6, 6.07) is 22.9. The summed E-state index contributed by atoms with van der Waals surface area (Å²) in [5.41, 5.74) is 6.00. The van der Waals surface area contributed by atoms with Crippen molar-refractivity contribution in [3.8, 4) is 11.1 Å². The first-order valence-corrected chi connectivity index (χ1v) is 14.7. The molecule has 0 radical (unpaired) electrons. The number of hydrogen-bond donors (Lipinski definition) is 2. The predicted octanol–water partition coefficient (Wildman–Crippen LogP) is 7.67. The fourth-order valence-corrected chi connectivity index (χ4v) is 6.93. The van der Waals surface area contributed by atoms with E-state index in [0.717, 1.165) is 53.3 Å². The normalized spacial score (nSPS) is 18.8. The third kappa shape index (κ3) is 5.55. The van der Waals surface area contributed by atoms with Gasteiger partial charge in [-0.3, -0.25) is 14.8 Å². The molecule has 2 unspecified atom stereocenters. The lowest BCUT2D eigenvalue weighted by molar-refractivity contribution is 0.246. The predicted molar refractivity (Wildman–Crippen MR) is 165 cm³/mol. The SMILES string of the molecule is O=C1NCc2c(-c3ccccc3Cl)cc(C3CN(Cc4ccccn4)CC3CCO)cc2N1c1c(Cl)cccc1Cl. The summed E-state index contributed by atoms with van der Waals surface area (Å²) in [7, 11) is 0. The van der Waals surface area contributed by atoms with E-state index < -0.39 is 0 Å². The summed E-state index contributed by atoms with van der Waals surface area (Å²) in [6.07, 6.45) is 2.48. The Morgan fingerprint density at radius 2 is 1.66 bits per heavy atom. The summed E-state index contributed by atoms with van der Waals surface area (Å²) >= 11 is 20.0. The van der Waals surface area contributed by atoms with Crippen LogP contribution in [0.3, 0.4) is 0 Å². The van der Waals surface area contributed by atoms with Crippen LogP contribution in [0, 0.1) is 5.92 Å². The number of halogens is 3. The highest BCUT2D eigenvalue weighted by atomic mass is 35.5. The van der Waals surface area contributed by atoms with E-state index in [4.69, 9.17) is 34.8 Å². The fourth-order valence-electron chi connectivity index (χ4n) is 6.12. The highest BCUT2D eigenvalue weighted by Crippen LogP contribution is 2.47. The smallest absolute Gasteiger partial charge is 0.326 e. The maximum absolute atomic E-state index is 13.5. The number of aliphatic hydroxyl groups is 1. The second kappa shape index (κ2) is 12.0. The molecule has 6 nitrogen and oxygen atoms in total. The molecule has 2 amide bonds. The number of hydrogen-bond acceptors (Lipinski definition) is 4. The van der Waals surface area contributed by atoms with E-state index in [1.807, 2.05) is 48.7 Å². The first-order chi connectivity index (χ1) is 19.9. The Balaban J connectivity index is 1.50. The van der Waals surface area contributed by atoms with E-state index in [-0.39, 0.29) is 24.5 Å². The molecule has 2 N–H and O–H groups in total. The molecule has 9 heteroatoms. The molecule has 0 saturated carbocycles. The molecule has 6 rings (SSSR count). The first kappa shape index (κ1) is 28.0. The molecule has 4 aromatic rings. The molecular formula is C32H29Cl3N4O2. The zero-order valence-electron chi connectivity index (χ0n) is 22.2. The van der Waals surface area contributed by atoms with E-state index in [9.17, 15) is 9.90 Å². The number of aliphatic hydroxyl groups excluding tert-OH is 1. The number of rotatable bonds is 7. The number of para-hydroxylation sites is 1. The number of amides is 2. The highest BCUT2D eigenvalue weighted by Gasteiger charge is 2.37. The van der Waals surface area contributed by atoms with Gasteiger partial charge in [-0.25, -0.2) is 4.79 Å². The zero-order valence-corrected chi connectivity index (χ0v) is 24.5. The molecule has 0 aliphatic carbocycles. The lowest BCUT2D eigenvalue weighted by atomic mass is 9.83. The molecule has 1 aromatic heterocycles. The van der Waals surface area contributed by atoms with E-state index >= 15 is 0 Å². The van der Waals surface area contributed by atoms with Crippen LogP contribution in [0.5, 0.6) is 0 Å². The van der Waals surface area contributed by atoms with Crippen molar-refractivity contribution in [2.24, 2.45) is 5.92 Å². The van der Waals surface area contributed by atoms with Gasteiger partial charge in [0, 0.05) is 61.1 Å². The number of aromatic nitrogens is 1.